The third-order valence-corrected chi connectivity index (χ3v) is 3.83. The van der Waals surface area contributed by atoms with Gasteiger partial charge < -0.3 is 5.73 Å². The minimum atomic E-state index is -0.366. The van der Waals surface area contributed by atoms with Gasteiger partial charge in [0.05, 0.1) is 11.4 Å². The zero-order valence-corrected chi connectivity index (χ0v) is 12.5. The maximum absolute atomic E-state index is 13.5. The Hall–Kier alpha value is -2.49. The van der Waals surface area contributed by atoms with E-state index < -0.39 is 0 Å². The number of nitrogens with zero attached hydrogens (tertiary/aromatic N) is 2. The molecule has 4 heteroatoms. The summed E-state index contributed by atoms with van der Waals surface area (Å²) in [5.41, 5.74) is 10.9. The van der Waals surface area contributed by atoms with Crippen LogP contribution in [0.2, 0.25) is 0 Å². The third kappa shape index (κ3) is 3.06. The number of nitrogen functional groups attached to an aromatic ring is 1. The molecular formula is C18H18FN3. The molecule has 2 aromatic rings. The van der Waals surface area contributed by atoms with Crippen molar-refractivity contribution in [2.75, 3.05) is 5.73 Å². The number of benzene rings is 2. The van der Waals surface area contributed by atoms with Gasteiger partial charge in [0, 0.05) is 12.1 Å². The van der Waals surface area contributed by atoms with E-state index in [0.717, 1.165) is 41.0 Å². The number of nitrogens with two attached hydrogens (primary N) is 1. The lowest BCUT2D eigenvalue weighted by molar-refractivity contribution is 0.630. The molecule has 2 N–H and O–H groups in total. The van der Waals surface area contributed by atoms with Crippen molar-refractivity contribution in [2.24, 2.45) is 10.2 Å². The molecule has 1 aliphatic rings. The Bertz CT molecular complexity index is 763. The fraction of sp³-hybridized carbons (Fsp3) is 0.222. The van der Waals surface area contributed by atoms with Crippen molar-refractivity contribution in [3.05, 3.63) is 65.0 Å². The number of hydrogen-bond acceptors (Lipinski definition) is 3. The highest BCUT2D eigenvalue weighted by Crippen LogP contribution is 2.19. The summed E-state index contributed by atoms with van der Waals surface area (Å²) in [6, 6.07) is 13.1. The van der Waals surface area contributed by atoms with Crippen LogP contribution < -0.4 is 5.73 Å². The molecule has 0 amide bonds. The standard InChI is InChI=1S/C18H18FN3/c1-2-15-11-18(22-21-15)14-5-3-4-12(9-14)8-13-6-7-17(20)16(19)10-13/h3-7,9-10H,2,8,11,20H2,1H3. The fourth-order valence-electron chi connectivity index (χ4n) is 2.53. The first kappa shape index (κ1) is 14.4. The van der Waals surface area contributed by atoms with Crippen LogP contribution in [0.3, 0.4) is 0 Å². The van der Waals surface area contributed by atoms with E-state index >= 15 is 0 Å². The molecule has 0 saturated carbocycles. The van der Waals surface area contributed by atoms with Crippen LogP contribution in [0.15, 0.2) is 52.7 Å². The lowest BCUT2D eigenvalue weighted by Crippen LogP contribution is -2.03. The molecule has 3 nitrogen and oxygen atoms in total. The van der Waals surface area contributed by atoms with Gasteiger partial charge in [-0.3, -0.25) is 0 Å². The van der Waals surface area contributed by atoms with E-state index in [1.54, 1.807) is 6.07 Å². The monoisotopic (exact) mass is 295 g/mol. The molecule has 0 aliphatic carbocycles. The Balaban J connectivity index is 1.78. The average Bonchev–Trinajstić information content (AvgIpc) is 3.00. The third-order valence-electron chi connectivity index (χ3n) is 3.83. The summed E-state index contributed by atoms with van der Waals surface area (Å²) in [5.74, 6) is -0.366. The molecule has 112 valence electrons. The Labute approximate surface area is 129 Å². The van der Waals surface area contributed by atoms with Gasteiger partial charge in [-0.05, 0) is 47.7 Å². The highest BCUT2D eigenvalue weighted by molar-refractivity contribution is 6.15. The van der Waals surface area contributed by atoms with Crippen LogP contribution in [0.1, 0.15) is 36.5 Å². The molecule has 0 aromatic heterocycles. The van der Waals surface area contributed by atoms with Gasteiger partial charge in [0.15, 0.2) is 0 Å². The van der Waals surface area contributed by atoms with Crippen molar-refractivity contribution in [1.29, 1.82) is 0 Å². The first-order chi connectivity index (χ1) is 10.7. The lowest BCUT2D eigenvalue weighted by atomic mass is 9.98. The fourth-order valence-corrected chi connectivity index (χ4v) is 2.53. The minimum Gasteiger partial charge on any atom is -0.396 e. The van der Waals surface area contributed by atoms with E-state index in [-0.39, 0.29) is 11.5 Å². The minimum absolute atomic E-state index is 0.182. The molecular weight excluding hydrogens is 277 g/mol. The molecule has 0 atom stereocenters. The Morgan fingerprint density at radius 3 is 2.64 bits per heavy atom. The van der Waals surface area contributed by atoms with Gasteiger partial charge in [-0.25, -0.2) is 4.39 Å². The summed E-state index contributed by atoms with van der Waals surface area (Å²) in [4.78, 5) is 0. The van der Waals surface area contributed by atoms with E-state index in [2.05, 4.69) is 23.2 Å². The van der Waals surface area contributed by atoms with Crippen molar-refractivity contribution >= 4 is 17.1 Å². The first-order valence-electron chi connectivity index (χ1n) is 7.41. The molecule has 0 saturated heterocycles. The van der Waals surface area contributed by atoms with Crippen molar-refractivity contribution in [2.45, 2.75) is 26.2 Å². The van der Waals surface area contributed by atoms with Crippen LogP contribution >= 0.6 is 0 Å². The number of rotatable bonds is 4. The van der Waals surface area contributed by atoms with Crippen LogP contribution in [-0.2, 0) is 6.42 Å². The largest absolute Gasteiger partial charge is 0.396 e. The smallest absolute Gasteiger partial charge is 0.146 e. The normalized spacial score (nSPS) is 13.9. The quantitative estimate of drug-likeness (QED) is 0.853. The van der Waals surface area contributed by atoms with Crippen LogP contribution in [0, 0.1) is 5.82 Å². The van der Waals surface area contributed by atoms with Gasteiger partial charge in [0.25, 0.3) is 0 Å². The summed E-state index contributed by atoms with van der Waals surface area (Å²) in [6.07, 6.45) is 2.41. The van der Waals surface area contributed by atoms with Crippen LogP contribution in [0.5, 0.6) is 0 Å². The molecule has 0 unspecified atom stereocenters. The van der Waals surface area contributed by atoms with E-state index in [0.29, 0.717) is 6.42 Å². The van der Waals surface area contributed by atoms with Gasteiger partial charge in [0.1, 0.15) is 5.82 Å². The maximum Gasteiger partial charge on any atom is 0.146 e. The molecule has 1 aliphatic heterocycles. The van der Waals surface area contributed by atoms with Gasteiger partial charge in [0.2, 0.25) is 0 Å². The molecule has 2 aromatic carbocycles. The van der Waals surface area contributed by atoms with Crippen molar-refractivity contribution in [1.82, 2.24) is 0 Å². The topological polar surface area (TPSA) is 50.7 Å². The second-order valence-electron chi connectivity index (χ2n) is 5.48. The molecule has 1 heterocycles. The SMILES string of the molecule is CCC1=NN=C(c2cccc(Cc3ccc(N)c(F)c3)c2)C1. The molecule has 0 radical (unpaired) electrons. The predicted molar refractivity (Wildman–Crippen MR) is 88.9 cm³/mol. The highest BCUT2D eigenvalue weighted by Gasteiger charge is 2.13. The van der Waals surface area contributed by atoms with Gasteiger partial charge in [-0.15, -0.1) is 0 Å². The second-order valence-corrected chi connectivity index (χ2v) is 5.48. The van der Waals surface area contributed by atoms with Crippen LogP contribution in [0.4, 0.5) is 10.1 Å². The highest BCUT2D eigenvalue weighted by atomic mass is 19.1. The molecule has 0 spiro atoms. The molecule has 22 heavy (non-hydrogen) atoms. The van der Waals surface area contributed by atoms with Gasteiger partial charge in [-0.1, -0.05) is 31.2 Å². The van der Waals surface area contributed by atoms with Crippen molar-refractivity contribution in [3.63, 3.8) is 0 Å². The van der Waals surface area contributed by atoms with E-state index in [9.17, 15) is 4.39 Å². The van der Waals surface area contributed by atoms with Crippen LogP contribution in [0.25, 0.3) is 0 Å². The van der Waals surface area contributed by atoms with E-state index in [1.165, 1.54) is 6.07 Å². The second kappa shape index (κ2) is 6.10. The van der Waals surface area contributed by atoms with Crippen LogP contribution in [-0.4, -0.2) is 11.4 Å². The van der Waals surface area contributed by atoms with Crippen molar-refractivity contribution < 1.29 is 4.39 Å². The predicted octanol–water partition coefficient (Wildman–Crippen LogP) is 3.96. The summed E-state index contributed by atoms with van der Waals surface area (Å²) in [5, 5.41) is 8.45. The van der Waals surface area contributed by atoms with Gasteiger partial charge >= 0.3 is 0 Å². The lowest BCUT2D eigenvalue weighted by Gasteiger charge is -2.06. The van der Waals surface area contributed by atoms with E-state index in [1.807, 2.05) is 24.3 Å². The Kier molecular flexibility index (Phi) is 4.00. The van der Waals surface area contributed by atoms with Crippen molar-refractivity contribution in [3.8, 4) is 0 Å². The zero-order chi connectivity index (χ0) is 15.5. The summed E-state index contributed by atoms with van der Waals surface area (Å²) < 4.78 is 13.5. The average molecular weight is 295 g/mol. The van der Waals surface area contributed by atoms with E-state index in [4.69, 9.17) is 5.73 Å². The number of halogens is 1. The Morgan fingerprint density at radius 1 is 1.09 bits per heavy atom. The Morgan fingerprint density at radius 2 is 1.91 bits per heavy atom. The summed E-state index contributed by atoms with van der Waals surface area (Å²) in [7, 11) is 0. The maximum atomic E-state index is 13.5. The van der Waals surface area contributed by atoms with Gasteiger partial charge in [-0.2, -0.15) is 10.2 Å². The molecule has 3 rings (SSSR count). The number of hydrogen-bond donors (Lipinski definition) is 1. The molecule has 0 fully saturated rings. The molecule has 0 bridgehead atoms. The summed E-state index contributed by atoms with van der Waals surface area (Å²) >= 11 is 0. The summed E-state index contributed by atoms with van der Waals surface area (Å²) in [6.45, 7) is 2.09. The first-order valence-corrected chi connectivity index (χ1v) is 7.41. The number of anilines is 1. The zero-order valence-electron chi connectivity index (χ0n) is 12.5.